The standard InChI is InChI=1S/C12H16N2O3/c1-8(13)9-2-3-11-10(6-9)14(4-5-15)12(16)7-17-11/h2-3,6,8,15H,4-5,7,13H2,1H3. The van der Waals surface area contributed by atoms with E-state index in [9.17, 15) is 4.79 Å². The molecule has 0 fully saturated rings. The molecule has 0 saturated heterocycles. The summed E-state index contributed by atoms with van der Waals surface area (Å²) in [6, 6.07) is 5.43. The van der Waals surface area contributed by atoms with Crippen molar-refractivity contribution >= 4 is 11.6 Å². The highest BCUT2D eigenvalue weighted by molar-refractivity contribution is 5.97. The number of nitrogens with two attached hydrogens (primary N) is 1. The average Bonchev–Trinajstić information content (AvgIpc) is 2.32. The highest BCUT2D eigenvalue weighted by atomic mass is 16.5. The molecular formula is C12H16N2O3. The Morgan fingerprint density at radius 2 is 2.35 bits per heavy atom. The molecule has 0 radical (unpaired) electrons. The van der Waals surface area contributed by atoms with Crippen LogP contribution in [0.2, 0.25) is 0 Å². The molecule has 1 amide bonds. The lowest BCUT2D eigenvalue weighted by Gasteiger charge is -2.29. The van der Waals surface area contributed by atoms with Crippen molar-refractivity contribution < 1.29 is 14.6 Å². The third-order valence-corrected chi connectivity index (χ3v) is 2.78. The Labute approximate surface area is 99.8 Å². The largest absolute Gasteiger partial charge is 0.482 e. The molecule has 1 aliphatic heterocycles. The minimum Gasteiger partial charge on any atom is -0.482 e. The third kappa shape index (κ3) is 2.25. The molecule has 0 spiro atoms. The number of carbonyl (C=O) groups is 1. The molecule has 0 aromatic heterocycles. The van der Waals surface area contributed by atoms with Gasteiger partial charge < -0.3 is 20.5 Å². The molecule has 1 atom stereocenters. The van der Waals surface area contributed by atoms with Gasteiger partial charge in [-0.15, -0.1) is 0 Å². The number of hydrogen-bond acceptors (Lipinski definition) is 4. The van der Waals surface area contributed by atoms with Gasteiger partial charge in [0.1, 0.15) is 5.75 Å². The van der Waals surface area contributed by atoms with Crippen molar-refractivity contribution in [3.63, 3.8) is 0 Å². The first kappa shape index (κ1) is 11.9. The number of β-amino-alcohol motifs (C(OH)–C–C–N with tert-alkyl or cyclic N) is 1. The van der Waals surface area contributed by atoms with Crippen LogP contribution in [0.1, 0.15) is 18.5 Å². The first-order valence-corrected chi connectivity index (χ1v) is 5.57. The summed E-state index contributed by atoms with van der Waals surface area (Å²) >= 11 is 0. The Bertz CT molecular complexity index is 432. The van der Waals surface area contributed by atoms with Gasteiger partial charge in [0.15, 0.2) is 6.61 Å². The lowest BCUT2D eigenvalue weighted by atomic mass is 10.1. The van der Waals surface area contributed by atoms with Gasteiger partial charge in [0.05, 0.1) is 12.3 Å². The van der Waals surface area contributed by atoms with E-state index < -0.39 is 0 Å². The van der Waals surface area contributed by atoms with E-state index in [4.69, 9.17) is 15.6 Å². The Kier molecular flexibility index (Phi) is 3.31. The normalized spacial score (nSPS) is 16.4. The van der Waals surface area contributed by atoms with E-state index in [1.807, 2.05) is 25.1 Å². The summed E-state index contributed by atoms with van der Waals surface area (Å²) in [5, 5.41) is 8.98. The van der Waals surface area contributed by atoms with E-state index in [0.29, 0.717) is 11.4 Å². The minimum atomic E-state index is -0.145. The SMILES string of the molecule is CC(N)c1ccc2c(c1)N(CCO)C(=O)CO2. The summed E-state index contributed by atoms with van der Waals surface area (Å²) in [7, 11) is 0. The molecule has 1 unspecified atom stereocenters. The molecule has 3 N–H and O–H groups in total. The molecule has 5 heteroatoms. The lowest BCUT2D eigenvalue weighted by Crippen LogP contribution is -2.40. The molecule has 5 nitrogen and oxygen atoms in total. The Morgan fingerprint density at radius 3 is 3.00 bits per heavy atom. The molecular weight excluding hydrogens is 220 g/mol. The van der Waals surface area contributed by atoms with Crippen molar-refractivity contribution in [3.8, 4) is 5.75 Å². The van der Waals surface area contributed by atoms with Gasteiger partial charge in [0.25, 0.3) is 5.91 Å². The van der Waals surface area contributed by atoms with Gasteiger partial charge in [-0.25, -0.2) is 0 Å². The quantitative estimate of drug-likeness (QED) is 0.797. The number of benzene rings is 1. The zero-order chi connectivity index (χ0) is 12.4. The summed E-state index contributed by atoms with van der Waals surface area (Å²) < 4.78 is 5.33. The number of aliphatic hydroxyl groups is 1. The van der Waals surface area contributed by atoms with E-state index >= 15 is 0 Å². The molecule has 17 heavy (non-hydrogen) atoms. The Morgan fingerprint density at radius 1 is 1.59 bits per heavy atom. The second-order valence-electron chi connectivity index (χ2n) is 4.07. The number of aliphatic hydroxyl groups excluding tert-OH is 1. The lowest BCUT2D eigenvalue weighted by molar-refractivity contribution is -0.121. The Hall–Kier alpha value is -1.59. The molecule has 0 aliphatic carbocycles. The van der Waals surface area contributed by atoms with Crippen LogP contribution in [-0.4, -0.2) is 30.8 Å². The van der Waals surface area contributed by atoms with Crippen molar-refractivity contribution in [1.29, 1.82) is 0 Å². The van der Waals surface area contributed by atoms with Crippen LogP contribution < -0.4 is 15.4 Å². The second-order valence-corrected chi connectivity index (χ2v) is 4.07. The molecule has 2 rings (SSSR count). The van der Waals surface area contributed by atoms with E-state index in [-0.39, 0.29) is 31.7 Å². The summed E-state index contributed by atoms with van der Waals surface area (Å²) in [6.07, 6.45) is 0. The molecule has 1 aliphatic rings. The van der Waals surface area contributed by atoms with Crippen molar-refractivity contribution in [2.75, 3.05) is 24.7 Å². The summed E-state index contributed by atoms with van der Waals surface area (Å²) in [5.74, 6) is 0.510. The zero-order valence-corrected chi connectivity index (χ0v) is 9.72. The molecule has 1 aromatic carbocycles. The molecule has 0 saturated carbocycles. The number of carbonyl (C=O) groups excluding carboxylic acids is 1. The maximum absolute atomic E-state index is 11.7. The van der Waals surface area contributed by atoms with Crippen LogP contribution in [0.15, 0.2) is 18.2 Å². The van der Waals surface area contributed by atoms with Gasteiger partial charge >= 0.3 is 0 Å². The first-order chi connectivity index (χ1) is 8.13. The van der Waals surface area contributed by atoms with E-state index in [0.717, 1.165) is 5.56 Å². The molecule has 1 heterocycles. The van der Waals surface area contributed by atoms with Crippen molar-refractivity contribution in [2.24, 2.45) is 5.73 Å². The fourth-order valence-corrected chi connectivity index (χ4v) is 1.85. The van der Waals surface area contributed by atoms with Crippen LogP contribution in [0, 0.1) is 0 Å². The minimum absolute atomic E-state index is 0.0184. The maximum atomic E-state index is 11.7. The van der Waals surface area contributed by atoms with Gasteiger partial charge in [0, 0.05) is 12.6 Å². The van der Waals surface area contributed by atoms with Crippen molar-refractivity contribution in [3.05, 3.63) is 23.8 Å². The van der Waals surface area contributed by atoms with E-state index in [1.165, 1.54) is 4.90 Å². The molecule has 1 aromatic rings. The number of anilines is 1. The maximum Gasteiger partial charge on any atom is 0.265 e. The number of rotatable bonds is 3. The summed E-state index contributed by atoms with van der Waals surface area (Å²) in [5.41, 5.74) is 7.43. The van der Waals surface area contributed by atoms with Gasteiger partial charge in [-0.1, -0.05) is 6.07 Å². The van der Waals surface area contributed by atoms with Gasteiger partial charge in [-0.3, -0.25) is 4.79 Å². The molecule has 92 valence electrons. The van der Waals surface area contributed by atoms with Crippen LogP contribution in [0.5, 0.6) is 5.75 Å². The van der Waals surface area contributed by atoms with Crippen LogP contribution in [-0.2, 0) is 4.79 Å². The monoisotopic (exact) mass is 236 g/mol. The predicted octanol–water partition coefficient (Wildman–Crippen LogP) is 0.424. The zero-order valence-electron chi connectivity index (χ0n) is 9.72. The van der Waals surface area contributed by atoms with Crippen LogP contribution >= 0.6 is 0 Å². The topological polar surface area (TPSA) is 75.8 Å². The van der Waals surface area contributed by atoms with Gasteiger partial charge in [-0.05, 0) is 24.6 Å². The van der Waals surface area contributed by atoms with Crippen LogP contribution in [0.25, 0.3) is 0 Å². The Balaban J connectivity index is 2.41. The smallest absolute Gasteiger partial charge is 0.265 e. The predicted molar refractivity (Wildman–Crippen MR) is 64.0 cm³/mol. The first-order valence-electron chi connectivity index (χ1n) is 5.57. The molecule has 0 bridgehead atoms. The van der Waals surface area contributed by atoms with Crippen molar-refractivity contribution in [1.82, 2.24) is 0 Å². The summed E-state index contributed by atoms with van der Waals surface area (Å²) in [6.45, 7) is 2.10. The average molecular weight is 236 g/mol. The second kappa shape index (κ2) is 4.73. The number of fused-ring (bicyclic) bond motifs is 1. The fourth-order valence-electron chi connectivity index (χ4n) is 1.85. The van der Waals surface area contributed by atoms with Crippen LogP contribution in [0.3, 0.4) is 0 Å². The highest BCUT2D eigenvalue weighted by Crippen LogP contribution is 2.33. The van der Waals surface area contributed by atoms with Gasteiger partial charge in [-0.2, -0.15) is 0 Å². The number of nitrogens with zero attached hydrogens (tertiary/aromatic N) is 1. The van der Waals surface area contributed by atoms with Crippen molar-refractivity contribution in [2.45, 2.75) is 13.0 Å². The number of amides is 1. The van der Waals surface area contributed by atoms with E-state index in [1.54, 1.807) is 0 Å². The number of ether oxygens (including phenoxy) is 1. The number of hydrogen-bond donors (Lipinski definition) is 2. The third-order valence-electron chi connectivity index (χ3n) is 2.78. The van der Waals surface area contributed by atoms with Gasteiger partial charge in [0.2, 0.25) is 0 Å². The highest BCUT2D eigenvalue weighted by Gasteiger charge is 2.25. The summed E-state index contributed by atoms with van der Waals surface area (Å²) in [4.78, 5) is 13.2. The van der Waals surface area contributed by atoms with E-state index in [2.05, 4.69) is 0 Å². The van der Waals surface area contributed by atoms with Crippen LogP contribution in [0.4, 0.5) is 5.69 Å². The fraction of sp³-hybridized carbons (Fsp3) is 0.417.